The van der Waals surface area contributed by atoms with E-state index in [1.54, 1.807) is 13.0 Å². The standard InChI is InChI=1S/C17H17F3N6O3/c1-2-29-13-11(7-21)12(25-15(22)26-13)16(23,8-27)14(28)24-10-5-3-4-9(6-10)17(18,19)20/h3-6,27H,2,8,23H2,1H3,(H,24,28)(H2,22,25,26)/t16-/m1/s1. The molecule has 1 amide bonds. The summed E-state index contributed by atoms with van der Waals surface area (Å²) >= 11 is 0. The number of halogens is 3. The number of nitrogen functional groups attached to an aromatic ring is 1. The number of nitrogens with two attached hydrogens (primary N) is 2. The molecule has 0 aliphatic heterocycles. The molecule has 0 radical (unpaired) electrons. The lowest BCUT2D eigenvalue weighted by Crippen LogP contribution is -2.52. The second kappa shape index (κ2) is 8.29. The van der Waals surface area contributed by atoms with Crippen molar-refractivity contribution in [2.24, 2.45) is 5.73 Å². The Morgan fingerprint density at radius 1 is 1.38 bits per heavy atom. The number of ether oxygens (including phenoxy) is 1. The Morgan fingerprint density at radius 3 is 2.62 bits per heavy atom. The summed E-state index contributed by atoms with van der Waals surface area (Å²) in [4.78, 5) is 20.3. The number of hydrogen-bond donors (Lipinski definition) is 4. The van der Waals surface area contributed by atoms with Crippen LogP contribution in [0.1, 0.15) is 23.7 Å². The number of nitrogens with zero attached hydrogens (tertiary/aromatic N) is 3. The van der Waals surface area contributed by atoms with Crippen LogP contribution in [-0.4, -0.2) is 34.2 Å². The highest BCUT2D eigenvalue weighted by Gasteiger charge is 2.41. The maximum atomic E-state index is 12.9. The summed E-state index contributed by atoms with van der Waals surface area (Å²) in [6.07, 6.45) is -4.63. The van der Waals surface area contributed by atoms with Gasteiger partial charge in [0.05, 0.1) is 24.5 Å². The minimum Gasteiger partial charge on any atom is -0.477 e. The first-order chi connectivity index (χ1) is 13.6. The van der Waals surface area contributed by atoms with E-state index in [0.717, 1.165) is 12.1 Å². The van der Waals surface area contributed by atoms with E-state index in [2.05, 4.69) is 15.3 Å². The Morgan fingerprint density at radius 2 is 2.07 bits per heavy atom. The molecule has 0 spiro atoms. The van der Waals surface area contributed by atoms with Gasteiger partial charge in [0.1, 0.15) is 11.6 Å². The number of anilines is 2. The van der Waals surface area contributed by atoms with Crippen LogP contribution in [0.5, 0.6) is 5.88 Å². The Bertz CT molecular complexity index is 960. The van der Waals surface area contributed by atoms with Gasteiger partial charge in [0.2, 0.25) is 11.8 Å². The maximum Gasteiger partial charge on any atom is 0.416 e. The lowest BCUT2D eigenvalue weighted by atomic mass is 9.92. The monoisotopic (exact) mass is 410 g/mol. The average Bonchev–Trinajstić information content (AvgIpc) is 2.66. The van der Waals surface area contributed by atoms with Crippen LogP contribution < -0.4 is 21.5 Å². The van der Waals surface area contributed by atoms with E-state index in [1.807, 2.05) is 0 Å². The average molecular weight is 410 g/mol. The zero-order chi connectivity index (χ0) is 21.8. The Kier molecular flexibility index (Phi) is 6.25. The molecule has 1 aromatic heterocycles. The summed E-state index contributed by atoms with van der Waals surface area (Å²) in [6.45, 7) is 0.688. The molecule has 1 atom stereocenters. The van der Waals surface area contributed by atoms with Gasteiger partial charge in [0, 0.05) is 5.69 Å². The number of amides is 1. The van der Waals surface area contributed by atoms with Gasteiger partial charge in [-0.2, -0.15) is 23.4 Å². The first-order valence-electron chi connectivity index (χ1n) is 8.16. The van der Waals surface area contributed by atoms with Gasteiger partial charge in [-0.1, -0.05) is 6.07 Å². The molecule has 0 saturated heterocycles. The van der Waals surface area contributed by atoms with E-state index in [4.69, 9.17) is 16.2 Å². The van der Waals surface area contributed by atoms with Gasteiger partial charge in [0.25, 0.3) is 5.91 Å². The zero-order valence-corrected chi connectivity index (χ0v) is 15.1. The minimum absolute atomic E-state index is 0.109. The van der Waals surface area contributed by atoms with Crippen LogP contribution in [0.25, 0.3) is 0 Å². The third kappa shape index (κ3) is 4.53. The number of benzene rings is 1. The molecule has 12 heteroatoms. The number of aromatic nitrogens is 2. The van der Waals surface area contributed by atoms with Gasteiger partial charge in [-0.15, -0.1) is 0 Å². The van der Waals surface area contributed by atoms with Gasteiger partial charge in [-0.05, 0) is 25.1 Å². The molecular formula is C17H17F3N6O3. The lowest BCUT2D eigenvalue weighted by molar-refractivity contribution is -0.137. The highest BCUT2D eigenvalue weighted by Crippen LogP contribution is 2.32. The molecule has 0 aliphatic rings. The van der Waals surface area contributed by atoms with E-state index in [0.29, 0.717) is 6.07 Å². The van der Waals surface area contributed by atoms with Gasteiger partial charge < -0.3 is 26.6 Å². The molecular weight excluding hydrogens is 393 g/mol. The van der Waals surface area contributed by atoms with Gasteiger partial charge >= 0.3 is 6.18 Å². The Hall–Kier alpha value is -3.43. The number of nitrogens with one attached hydrogen (secondary N) is 1. The number of alkyl halides is 3. The molecule has 2 aromatic rings. The first-order valence-corrected chi connectivity index (χ1v) is 8.16. The summed E-state index contributed by atoms with van der Waals surface area (Å²) in [6, 6.07) is 5.55. The summed E-state index contributed by atoms with van der Waals surface area (Å²) in [7, 11) is 0. The van der Waals surface area contributed by atoms with Crippen LogP contribution >= 0.6 is 0 Å². The van der Waals surface area contributed by atoms with Crippen molar-refractivity contribution >= 4 is 17.5 Å². The van der Waals surface area contributed by atoms with E-state index in [-0.39, 0.29) is 29.7 Å². The number of aliphatic hydroxyl groups is 1. The molecule has 0 aliphatic carbocycles. The number of carbonyl (C=O) groups excluding carboxylic acids is 1. The summed E-state index contributed by atoms with van der Waals surface area (Å²) in [5.74, 6) is -1.73. The fourth-order valence-electron chi connectivity index (χ4n) is 2.39. The van der Waals surface area contributed by atoms with Crippen molar-refractivity contribution in [1.29, 1.82) is 5.26 Å². The summed E-state index contributed by atoms with van der Waals surface area (Å²) in [5.41, 5.74) is 7.29. The fraction of sp³-hybridized carbons (Fsp3) is 0.294. The molecule has 1 heterocycles. The molecule has 0 fully saturated rings. The van der Waals surface area contributed by atoms with Crippen molar-refractivity contribution in [3.8, 4) is 11.9 Å². The Labute approximate surface area is 163 Å². The number of hydrogen-bond acceptors (Lipinski definition) is 8. The van der Waals surface area contributed by atoms with Crippen molar-refractivity contribution in [2.75, 3.05) is 24.3 Å². The molecule has 0 unspecified atom stereocenters. The van der Waals surface area contributed by atoms with Gasteiger partial charge in [0.15, 0.2) is 5.54 Å². The smallest absolute Gasteiger partial charge is 0.416 e. The van der Waals surface area contributed by atoms with Crippen molar-refractivity contribution in [2.45, 2.75) is 18.6 Å². The molecule has 9 nitrogen and oxygen atoms in total. The number of rotatable bonds is 6. The van der Waals surface area contributed by atoms with Gasteiger partial charge in [-0.3, -0.25) is 4.79 Å². The summed E-state index contributed by atoms with van der Waals surface area (Å²) < 4.78 is 43.8. The van der Waals surface area contributed by atoms with Gasteiger partial charge in [-0.25, -0.2) is 4.98 Å². The highest BCUT2D eigenvalue weighted by atomic mass is 19.4. The maximum absolute atomic E-state index is 12.9. The first kappa shape index (κ1) is 21.9. The molecule has 0 bridgehead atoms. The third-order valence-electron chi connectivity index (χ3n) is 3.81. The second-order valence-electron chi connectivity index (χ2n) is 5.82. The van der Waals surface area contributed by atoms with Crippen molar-refractivity contribution in [3.63, 3.8) is 0 Å². The molecule has 1 aromatic carbocycles. The van der Waals surface area contributed by atoms with E-state index in [9.17, 15) is 28.3 Å². The van der Waals surface area contributed by atoms with Crippen molar-refractivity contribution in [3.05, 3.63) is 41.1 Å². The van der Waals surface area contributed by atoms with Crippen LogP contribution in [0.15, 0.2) is 24.3 Å². The largest absolute Gasteiger partial charge is 0.477 e. The zero-order valence-electron chi connectivity index (χ0n) is 15.1. The molecule has 6 N–H and O–H groups in total. The molecule has 0 saturated carbocycles. The topological polar surface area (TPSA) is 160 Å². The number of carbonyl (C=O) groups is 1. The van der Waals surface area contributed by atoms with Crippen LogP contribution in [0.3, 0.4) is 0 Å². The molecule has 29 heavy (non-hydrogen) atoms. The Balaban J connectivity index is 2.49. The summed E-state index contributed by atoms with van der Waals surface area (Å²) in [5, 5.41) is 21.4. The second-order valence-corrected chi connectivity index (χ2v) is 5.82. The van der Waals surface area contributed by atoms with Crippen molar-refractivity contribution in [1.82, 2.24) is 9.97 Å². The highest BCUT2D eigenvalue weighted by molar-refractivity contribution is 5.99. The number of nitriles is 1. The predicted octanol–water partition coefficient (Wildman–Crippen LogP) is 1.13. The van der Waals surface area contributed by atoms with Crippen LogP contribution in [0, 0.1) is 11.3 Å². The van der Waals surface area contributed by atoms with Crippen LogP contribution in [0.2, 0.25) is 0 Å². The molecule has 2 rings (SSSR count). The molecule has 154 valence electrons. The van der Waals surface area contributed by atoms with Crippen LogP contribution in [-0.2, 0) is 16.5 Å². The quantitative estimate of drug-likeness (QED) is 0.551. The minimum atomic E-state index is -4.63. The SMILES string of the molecule is CCOc1nc(N)nc([C@](N)(CO)C(=O)Nc2cccc(C(F)(F)F)c2)c1C#N. The number of aliphatic hydroxyl groups excluding tert-OH is 1. The van der Waals surface area contributed by atoms with E-state index < -0.39 is 35.5 Å². The lowest BCUT2D eigenvalue weighted by Gasteiger charge is -2.27. The third-order valence-corrected chi connectivity index (χ3v) is 3.81. The van der Waals surface area contributed by atoms with E-state index >= 15 is 0 Å². The van der Waals surface area contributed by atoms with Crippen LogP contribution in [0.4, 0.5) is 24.8 Å². The van der Waals surface area contributed by atoms with E-state index in [1.165, 1.54) is 6.07 Å². The fourth-order valence-corrected chi connectivity index (χ4v) is 2.39. The predicted molar refractivity (Wildman–Crippen MR) is 95.4 cm³/mol. The van der Waals surface area contributed by atoms with Crippen molar-refractivity contribution < 1.29 is 27.8 Å². The normalized spacial score (nSPS) is 13.3.